The van der Waals surface area contributed by atoms with E-state index >= 15 is 0 Å². The largest absolute Gasteiger partial charge is 0.439 e. The number of piperidine rings is 1. The molecule has 1 aliphatic rings. The number of alkyl carbamates (subject to hydrolysis) is 1. The van der Waals surface area contributed by atoms with E-state index < -0.39 is 11.9 Å². The summed E-state index contributed by atoms with van der Waals surface area (Å²) in [6, 6.07) is 4.48. The van der Waals surface area contributed by atoms with Gasteiger partial charge in [0.05, 0.1) is 5.56 Å². The summed E-state index contributed by atoms with van der Waals surface area (Å²) in [6.07, 6.45) is 2.02. The number of nitrogens with zero attached hydrogens (tertiary/aromatic N) is 1. The Hall–Kier alpha value is -2.30. The predicted molar refractivity (Wildman–Crippen MR) is 105 cm³/mol. The standard InChI is InChI=1S/C20H25ClFN3O3/c1-23-19(26)14-28-20(27)24-13-15-7-10-25(11-8-15)9-3-2-4-16-5-6-17(21)12-18(16)22/h5-6,12,15H,3,7-11,13-14H2,1H3,(H,23,26)(H,24,27). The SMILES string of the molecule is CNC(=O)COC(=O)NCC1CCN(CCC#Cc2ccc(Cl)cc2F)CC1. The van der Waals surface area contributed by atoms with E-state index in [2.05, 4.69) is 27.4 Å². The van der Waals surface area contributed by atoms with Crippen LogP contribution < -0.4 is 10.6 Å². The highest BCUT2D eigenvalue weighted by Gasteiger charge is 2.19. The molecular formula is C20H25ClFN3O3. The number of hydrogen-bond acceptors (Lipinski definition) is 4. The Balaban J connectivity index is 1.61. The Morgan fingerprint density at radius 2 is 2.11 bits per heavy atom. The number of hydrogen-bond donors (Lipinski definition) is 2. The molecule has 0 radical (unpaired) electrons. The lowest BCUT2D eigenvalue weighted by Crippen LogP contribution is -2.39. The zero-order valence-corrected chi connectivity index (χ0v) is 16.7. The molecule has 152 valence electrons. The summed E-state index contributed by atoms with van der Waals surface area (Å²) in [4.78, 5) is 24.9. The van der Waals surface area contributed by atoms with E-state index in [0.717, 1.165) is 32.5 Å². The molecule has 0 spiro atoms. The van der Waals surface area contributed by atoms with Crippen LogP contribution in [0.25, 0.3) is 0 Å². The van der Waals surface area contributed by atoms with Crippen LogP contribution in [0.5, 0.6) is 0 Å². The second kappa shape index (κ2) is 11.5. The van der Waals surface area contributed by atoms with Gasteiger partial charge in [-0.3, -0.25) is 4.79 Å². The fourth-order valence-electron chi connectivity index (χ4n) is 2.86. The van der Waals surface area contributed by atoms with Gasteiger partial charge in [0.2, 0.25) is 0 Å². The summed E-state index contributed by atoms with van der Waals surface area (Å²) >= 11 is 5.72. The van der Waals surface area contributed by atoms with Crippen LogP contribution in [0.4, 0.5) is 9.18 Å². The quantitative estimate of drug-likeness (QED) is 0.708. The van der Waals surface area contributed by atoms with Crippen molar-refractivity contribution < 1.29 is 18.7 Å². The van der Waals surface area contributed by atoms with Crippen LogP contribution in [0.3, 0.4) is 0 Å². The van der Waals surface area contributed by atoms with Gasteiger partial charge in [-0.15, -0.1) is 0 Å². The molecule has 1 aromatic carbocycles. The zero-order valence-electron chi connectivity index (χ0n) is 15.9. The second-order valence-electron chi connectivity index (χ2n) is 6.59. The van der Waals surface area contributed by atoms with E-state index in [0.29, 0.717) is 29.5 Å². The zero-order chi connectivity index (χ0) is 20.4. The highest BCUT2D eigenvalue weighted by atomic mass is 35.5. The minimum atomic E-state index is -0.573. The smallest absolute Gasteiger partial charge is 0.407 e. The summed E-state index contributed by atoms with van der Waals surface area (Å²) in [5.41, 5.74) is 0.359. The van der Waals surface area contributed by atoms with Crippen molar-refractivity contribution in [2.75, 3.05) is 39.8 Å². The van der Waals surface area contributed by atoms with Gasteiger partial charge in [-0.05, 0) is 50.0 Å². The van der Waals surface area contributed by atoms with E-state index in [1.807, 2.05) is 0 Å². The van der Waals surface area contributed by atoms with Crippen LogP contribution in [0.15, 0.2) is 18.2 Å². The lowest BCUT2D eigenvalue weighted by molar-refractivity contribution is -0.123. The molecule has 0 saturated carbocycles. The predicted octanol–water partition coefficient (Wildman–Crippen LogP) is 2.40. The molecule has 1 aromatic rings. The highest BCUT2D eigenvalue weighted by Crippen LogP contribution is 2.17. The number of ether oxygens (including phenoxy) is 1. The maximum absolute atomic E-state index is 13.7. The molecule has 28 heavy (non-hydrogen) atoms. The summed E-state index contributed by atoms with van der Waals surface area (Å²) in [5, 5.41) is 5.44. The Morgan fingerprint density at radius 3 is 2.79 bits per heavy atom. The molecular weight excluding hydrogens is 385 g/mol. The molecule has 0 aromatic heterocycles. The fourth-order valence-corrected chi connectivity index (χ4v) is 3.02. The number of benzene rings is 1. The minimum Gasteiger partial charge on any atom is -0.439 e. The van der Waals surface area contributed by atoms with E-state index in [1.54, 1.807) is 12.1 Å². The fraction of sp³-hybridized carbons (Fsp3) is 0.500. The van der Waals surface area contributed by atoms with Crippen molar-refractivity contribution in [3.63, 3.8) is 0 Å². The number of amides is 2. The number of likely N-dealkylation sites (tertiary alicyclic amines) is 1. The lowest BCUT2D eigenvalue weighted by atomic mass is 9.97. The average molecular weight is 410 g/mol. The van der Waals surface area contributed by atoms with Gasteiger partial charge in [0.25, 0.3) is 5.91 Å². The van der Waals surface area contributed by atoms with Gasteiger partial charge in [0.15, 0.2) is 6.61 Å². The molecule has 1 saturated heterocycles. The average Bonchev–Trinajstić information content (AvgIpc) is 2.70. The van der Waals surface area contributed by atoms with Crippen LogP contribution in [-0.4, -0.2) is 56.7 Å². The Labute approximate surface area is 169 Å². The van der Waals surface area contributed by atoms with E-state index in [9.17, 15) is 14.0 Å². The molecule has 2 N–H and O–H groups in total. The van der Waals surface area contributed by atoms with Crippen LogP contribution in [0.2, 0.25) is 5.02 Å². The van der Waals surface area contributed by atoms with Crippen molar-refractivity contribution in [2.45, 2.75) is 19.3 Å². The van der Waals surface area contributed by atoms with Crippen molar-refractivity contribution in [1.82, 2.24) is 15.5 Å². The number of carbonyl (C=O) groups excluding carboxylic acids is 2. The first kappa shape index (κ1) is 22.0. The molecule has 1 aliphatic heterocycles. The summed E-state index contributed by atoms with van der Waals surface area (Å²) in [6.45, 7) is 2.95. The molecule has 2 amide bonds. The second-order valence-corrected chi connectivity index (χ2v) is 7.03. The maximum Gasteiger partial charge on any atom is 0.407 e. The molecule has 2 rings (SSSR count). The van der Waals surface area contributed by atoms with Crippen LogP contribution in [0, 0.1) is 23.6 Å². The minimum absolute atomic E-state index is 0.276. The summed E-state index contributed by atoms with van der Waals surface area (Å²) < 4.78 is 18.5. The van der Waals surface area contributed by atoms with E-state index in [-0.39, 0.29) is 12.5 Å². The van der Waals surface area contributed by atoms with Gasteiger partial charge in [0.1, 0.15) is 5.82 Å². The summed E-state index contributed by atoms with van der Waals surface area (Å²) in [7, 11) is 1.49. The third-order valence-electron chi connectivity index (χ3n) is 4.56. The normalized spacial score (nSPS) is 14.7. The Bertz CT molecular complexity index is 740. The van der Waals surface area contributed by atoms with Crippen molar-refractivity contribution in [3.8, 4) is 11.8 Å². The first-order valence-corrected chi connectivity index (χ1v) is 9.63. The first-order chi connectivity index (χ1) is 13.5. The van der Waals surface area contributed by atoms with Crippen molar-refractivity contribution in [1.29, 1.82) is 0 Å². The molecule has 6 nitrogen and oxygen atoms in total. The summed E-state index contributed by atoms with van der Waals surface area (Å²) in [5.74, 6) is 5.50. The maximum atomic E-state index is 13.7. The molecule has 0 atom stereocenters. The van der Waals surface area contributed by atoms with Gasteiger partial charge in [0, 0.05) is 31.6 Å². The van der Waals surface area contributed by atoms with Crippen molar-refractivity contribution in [3.05, 3.63) is 34.6 Å². The van der Waals surface area contributed by atoms with Crippen LogP contribution >= 0.6 is 11.6 Å². The lowest BCUT2D eigenvalue weighted by Gasteiger charge is -2.31. The topological polar surface area (TPSA) is 70.7 Å². The van der Waals surface area contributed by atoms with Crippen LogP contribution in [0.1, 0.15) is 24.8 Å². The van der Waals surface area contributed by atoms with Gasteiger partial charge < -0.3 is 20.3 Å². The third-order valence-corrected chi connectivity index (χ3v) is 4.80. The van der Waals surface area contributed by atoms with E-state index in [1.165, 1.54) is 13.1 Å². The van der Waals surface area contributed by atoms with Gasteiger partial charge in [-0.25, -0.2) is 9.18 Å². The highest BCUT2D eigenvalue weighted by molar-refractivity contribution is 6.30. The molecule has 8 heteroatoms. The number of nitrogens with one attached hydrogen (secondary N) is 2. The third kappa shape index (κ3) is 7.75. The molecule has 1 fully saturated rings. The van der Waals surface area contributed by atoms with Gasteiger partial charge >= 0.3 is 6.09 Å². The molecule has 0 bridgehead atoms. The number of carbonyl (C=O) groups is 2. The Morgan fingerprint density at radius 1 is 1.36 bits per heavy atom. The monoisotopic (exact) mass is 409 g/mol. The molecule has 0 aliphatic carbocycles. The molecule has 0 unspecified atom stereocenters. The van der Waals surface area contributed by atoms with Gasteiger partial charge in [-0.2, -0.15) is 0 Å². The van der Waals surface area contributed by atoms with E-state index in [4.69, 9.17) is 16.3 Å². The molecule has 1 heterocycles. The van der Waals surface area contributed by atoms with Crippen molar-refractivity contribution in [2.24, 2.45) is 5.92 Å². The Kier molecular flexibility index (Phi) is 9.05. The van der Waals surface area contributed by atoms with Crippen LogP contribution in [-0.2, 0) is 9.53 Å². The van der Waals surface area contributed by atoms with Crippen molar-refractivity contribution >= 4 is 23.6 Å². The number of rotatable bonds is 6. The number of likely N-dealkylation sites (N-methyl/N-ethyl adjacent to an activating group) is 1. The van der Waals surface area contributed by atoms with Gasteiger partial charge in [-0.1, -0.05) is 23.4 Å². The first-order valence-electron chi connectivity index (χ1n) is 9.25. The number of halogens is 2.